The molecule has 0 heterocycles. The number of halogens is 2. The highest BCUT2D eigenvalue weighted by Gasteiger charge is 2.25. The van der Waals surface area contributed by atoms with Crippen LogP contribution in [0.4, 0.5) is 0 Å². The maximum Gasteiger partial charge on any atom is 0.124 e. The van der Waals surface area contributed by atoms with Gasteiger partial charge in [0, 0.05) is 16.1 Å². The van der Waals surface area contributed by atoms with Crippen molar-refractivity contribution in [1.29, 1.82) is 0 Å². The van der Waals surface area contributed by atoms with E-state index in [9.17, 15) is 0 Å². The summed E-state index contributed by atoms with van der Waals surface area (Å²) in [6, 6.07) is 6.16. The first kappa shape index (κ1) is 13.8. The molecule has 2 N–H and O–H groups in total. The molecule has 0 amide bonds. The van der Waals surface area contributed by atoms with Gasteiger partial charge in [0.25, 0.3) is 0 Å². The van der Waals surface area contributed by atoms with Crippen LogP contribution in [-0.4, -0.2) is 7.11 Å². The van der Waals surface area contributed by atoms with Gasteiger partial charge in [-0.3, -0.25) is 0 Å². The molecule has 4 heteroatoms. The maximum atomic E-state index is 6.17. The summed E-state index contributed by atoms with van der Waals surface area (Å²) >= 11 is 3.43. The number of rotatable bonds is 4. The predicted octanol–water partition coefficient (Wildman–Crippen LogP) is 3.68. The number of ether oxygens (including phenoxy) is 1. The molecule has 0 spiro atoms. The van der Waals surface area contributed by atoms with E-state index in [4.69, 9.17) is 10.5 Å². The van der Waals surface area contributed by atoms with Crippen LogP contribution in [0, 0.1) is 5.92 Å². The molecule has 1 fully saturated rings. The SMILES string of the molecule is COc1cc(Br)ccc1[C@H](N)CC1CC1.Cl. The first-order chi connectivity index (χ1) is 7.20. The molecule has 16 heavy (non-hydrogen) atoms. The van der Waals surface area contributed by atoms with Crippen molar-refractivity contribution in [3.63, 3.8) is 0 Å². The van der Waals surface area contributed by atoms with Crippen LogP contribution in [0.3, 0.4) is 0 Å². The quantitative estimate of drug-likeness (QED) is 0.921. The zero-order valence-corrected chi connectivity index (χ0v) is 11.7. The molecule has 0 radical (unpaired) electrons. The number of nitrogens with two attached hydrogens (primary N) is 1. The number of hydrogen-bond donors (Lipinski definition) is 1. The minimum Gasteiger partial charge on any atom is -0.496 e. The second-order valence-corrected chi connectivity index (χ2v) is 5.09. The second kappa shape index (κ2) is 5.89. The van der Waals surface area contributed by atoms with Crippen molar-refractivity contribution in [2.75, 3.05) is 7.11 Å². The molecule has 90 valence electrons. The molecular formula is C12H17BrClNO. The fourth-order valence-electron chi connectivity index (χ4n) is 1.83. The Labute approximate surface area is 111 Å². The fourth-order valence-corrected chi connectivity index (χ4v) is 2.17. The van der Waals surface area contributed by atoms with Gasteiger partial charge in [-0.2, -0.15) is 0 Å². The minimum atomic E-state index is 0. The zero-order chi connectivity index (χ0) is 10.8. The standard InChI is InChI=1S/C12H16BrNO.ClH/c1-15-12-7-9(13)4-5-10(12)11(14)6-8-2-3-8;/h4-5,7-8,11H,2-3,6,14H2,1H3;1H/t11-;/m1./s1. The van der Waals surface area contributed by atoms with Crippen molar-refractivity contribution in [1.82, 2.24) is 0 Å². The molecule has 2 nitrogen and oxygen atoms in total. The van der Waals surface area contributed by atoms with Gasteiger partial charge in [-0.1, -0.05) is 34.8 Å². The second-order valence-electron chi connectivity index (χ2n) is 4.17. The Morgan fingerprint density at radius 2 is 2.19 bits per heavy atom. The van der Waals surface area contributed by atoms with Crippen LogP contribution in [0.5, 0.6) is 5.75 Å². The van der Waals surface area contributed by atoms with Gasteiger partial charge < -0.3 is 10.5 Å². The molecule has 1 aromatic carbocycles. The highest BCUT2D eigenvalue weighted by atomic mass is 79.9. The molecule has 1 aliphatic rings. The largest absolute Gasteiger partial charge is 0.496 e. The van der Waals surface area contributed by atoms with E-state index in [-0.39, 0.29) is 18.4 Å². The van der Waals surface area contributed by atoms with Gasteiger partial charge in [-0.15, -0.1) is 12.4 Å². The Bertz CT molecular complexity index is 355. The molecule has 2 rings (SSSR count). The van der Waals surface area contributed by atoms with Crippen LogP contribution in [-0.2, 0) is 0 Å². The van der Waals surface area contributed by atoms with Gasteiger partial charge in [0.2, 0.25) is 0 Å². The summed E-state index contributed by atoms with van der Waals surface area (Å²) in [5, 5.41) is 0. The van der Waals surface area contributed by atoms with Crippen LogP contribution < -0.4 is 10.5 Å². The van der Waals surface area contributed by atoms with Crippen molar-refractivity contribution in [2.24, 2.45) is 11.7 Å². The number of benzene rings is 1. The Morgan fingerprint density at radius 3 is 2.75 bits per heavy atom. The fraction of sp³-hybridized carbons (Fsp3) is 0.500. The third kappa shape index (κ3) is 3.37. The third-order valence-corrected chi connectivity index (χ3v) is 3.37. The monoisotopic (exact) mass is 305 g/mol. The lowest BCUT2D eigenvalue weighted by molar-refractivity contribution is 0.402. The Balaban J connectivity index is 0.00000128. The lowest BCUT2D eigenvalue weighted by Crippen LogP contribution is -2.12. The van der Waals surface area contributed by atoms with Crippen molar-refractivity contribution < 1.29 is 4.74 Å². The van der Waals surface area contributed by atoms with Crippen LogP contribution >= 0.6 is 28.3 Å². The first-order valence-electron chi connectivity index (χ1n) is 5.29. The topological polar surface area (TPSA) is 35.2 Å². The van der Waals surface area contributed by atoms with Crippen LogP contribution in [0.15, 0.2) is 22.7 Å². The van der Waals surface area contributed by atoms with Gasteiger partial charge in [0.05, 0.1) is 7.11 Å². The van der Waals surface area contributed by atoms with Crippen molar-refractivity contribution in [3.05, 3.63) is 28.2 Å². The Hall–Kier alpha value is -0.250. The lowest BCUT2D eigenvalue weighted by Gasteiger charge is -2.15. The lowest BCUT2D eigenvalue weighted by atomic mass is 10.0. The Morgan fingerprint density at radius 1 is 1.50 bits per heavy atom. The summed E-state index contributed by atoms with van der Waals surface area (Å²) in [6.07, 6.45) is 3.76. The molecule has 1 saturated carbocycles. The van der Waals surface area contributed by atoms with E-state index in [0.29, 0.717) is 0 Å². The summed E-state index contributed by atoms with van der Waals surface area (Å²) in [6.45, 7) is 0. The van der Waals surface area contributed by atoms with Gasteiger partial charge in [0.15, 0.2) is 0 Å². The van der Waals surface area contributed by atoms with Gasteiger partial charge >= 0.3 is 0 Å². The summed E-state index contributed by atoms with van der Waals surface area (Å²) in [4.78, 5) is 0. The predicted molar refractivity (Wildman–Crippen MR) is 72.2 cm³/mol. The van der Waals surface area contributed by atoms with Crippen molar-refractivity contribution in [2.45, 2.75) is 25.3 Å². The first-order valence-corrected chi connectivity index (χ1v) is 6.09. The van der Waals surface area contributed by atoms with Gasteiger partial charge in [-0.05, 0) is 24.5 Å². The molecule has 0 aromatic heterocycles. The van der Waals surface area contributed by atoms with E-state index in [1.54, 1.807) is 7.11 Å². The van der Waals surface area contributed by atoms with E-state index in [1.165, 1.54) is 12.8 Å². The molecule has 1 aliphatic carbocycles. The average Bonchev–Trinajstić information content (AvgIpc) is 3.01. The van der Waals surface area contributed by atoms with Crippen LogP contribution in [0.1, 0.15) is 30.9 Å². The van der Waals surface area contributed by atoms with Crippen LogP contribution in [0.2, 0.25) is 0 Å². The molecule has 0 aliphatic heterocycles. The number of methoxy groups -OCH3 is 1. The summed E-state index contributed by atoms with van der Waals surface area (Å²) in [7, 11) is 1.69. The molecule has 0 unspecified atom stereocenters. The Kier molecular flexibility index (Phi) is 5.09. The molecule has 1 atom stereocenters. The summed E-state index contributed by atoms with van der Waals surface area (Å²) in [5.74, 6) is 1.73. The zero-order valence-electron chi connectivity index (χ0n) is 9.28. The smallest absolute Gasteiger partial charge is 0.124 e. The average molecular weight is 307 g/mol. The van der Waals surface area contributed by atoms with E-state index >= 15 is 0 Å². The molecule has 0 saturated heterocycles. The van der Waals surface area contributed by atoms with E-state index in [2.05, 4.69) is 22.0 Å². The van der Waals surface area contributed by atoms with Gasteiger partial charge in [-0.25, -0.2) is 0 Å². The molecule has 0 bridgehead atoms. The van der Waals surface area contributed by atoms with E-state index in [1.807, 2.05) is 12.1 Å². The van der Waals surface area contributed by atoms with Crippen LogP contribution in [0.25, 0.3) is 0 Å². The van der Waals surface area contributed by atoms with Gasteiger partial charge in [0.1, 0.15) is 5.75 Å². The van der Waals surface area contributed by atoms with E-state index < -0.39 is 0 Å². The molecule has 1 aromatic rings. The molecular weight excluding hydrogens is 289 g/mol. The van der Waals surface area contributed by atoms with Crippen molar-refractivity contribution >= 4 is 28.3 Å². The summed E-state index contributed by atoms with van der Waals surface area (Å²) in [5.41, 5.74) is 7.29. The maximum absolute atomic E-state index is 6.17. The summed E-state index contributed by atoms with van der Waals surface area (Å²) < 4.78 is 6.37. The third-order valence-electron chi connectivity index (χ3n) is 2.88. The normalized spacial score (nSPS) is 16.4. The highest BCUT2D eigenvalue weighted by Crippen LogP contribution is 2.39. The van der Waals surface area contributed by atoms with Crippen molar-refractivity contribution in [3.8, 4) is 5.75 Å². The minimum absolute atomic E-state index is 0. The van der Waals surface area contributed by atoms with E-state index in [0.717, 1.165) is 28.1 Å². The highest BCUT2D eigenvalue weighted by molar-refractivity contribution is 9.10. The number of hydrogen-bond acceptors (Lipinski definition) is 2.